The van der Waals surface area contributed by atoms with Gasteiger partial charge in [0.2, 0.25) is 5.91 Å². The van der Waals surface area contributed by atoms with E-state index in [-0.39, 0.29) is 0 Å². The Morgan fingerprint density at radius 2 is 1.92 bits per heavy atom. The van der Waals surface area contributed by atoms with Crippen LogP contribution in [-0.4, -0.2) is 25.9 Å². The molecule has 0 aliphatic carbocycles. The fourth-order valence-corrected chi connectivity index (χ4v) is 3.19. The predicted molar refractivity (Wildman–Crippen MR) is 96.7 cm³/mol. The standard InChI is InChI=1S/C17H13ClF2N4OS/c1-10(16(25)22-15-13(19)6-3-7-14(15)20)26-17-23-21-9-24(17)12-5-2-4-11(18)8-12/h2-10H,1H3,(H,22,25). The fourth-order valence-electron chi connectivity index (χ4n) is 2.16. The summed E-state index contributed by atoms with van der Waals surface area (Å²) in [4.78, 5) is 12.3. The van der Waals surface area contributed by atoms with Gasteiger partial charge >= 0.3 is 0 Å². The van der Waals surface area contributed by atoms with E-state index in [4.69, 9.17) is 11.6 Å². The topological polar surface area (TPSA) is 59.8 Å². The van der Waals surface area contributed by atoms with Crippen LogP contribution in [0.4, 0.5) is 14.5 Å². The van der Waals surface area contributed by atoms with Crippen molar-refractivity contribution in [3.63, 3.8) is 0 Å². The lowest BCUT2D eigenvalue weighted by atomic mass is 10.3. The molecular weight excluding hydrogens is 382 g/mol. The van der Waals surface area contributed by atoms with Crippen LogP contribution in [0.2, 0.25) is 5.02 Å². The normalized spacial score (nSPS) is 12.0. The number of nitrogens with zero attached hydrogens (tertiary/aromatic N) is 3. The van der Waals surface area contributed by atoms with Gasteiger partial charge in [-0.2, -0.15) is 0 Å². The number of rotatable bonds is 5. The molecule has 134 valence electrons. The van der Waals surface area contributed by atoms with Crippen molar-refractivity contribution in [1.82, 2.24) is 14.8 Å². The van der Waals surface area contributed by atoms with E-state index >= 15 is 0 Å². The molecule has 0 spiro atoms. The van der Waals surface area contributed by atoms with E-state index < -0.39 is 28.5 Å². The van der Waals surface area contributed by atoms with E-state index in [1.165, 1.54) is 12.4 Å². The van der Waals surface area contributed by atoms with Crippen LogP contribution >= 0.6 is 23.4 Å². The Hall–Kier alpha value is -2.45. The minimum absolute atomic E-state index is 0.448. The van der Waals surface area contributed by atoms with Crippen LogP contribution in [-0.2, 0) is 4.79 Å². The molecule has 0 saturated carbocycles. The zero-order valence-corrected chi connectivity index (χ0v) is 15.1. The summed E-state index contributed by atoms with van der Waals surface area (Å²) >= 11 is 7.10. The van der Waals surface area contributed by atoms with Crippen molar-refractivity contribution in [1.29, 1.82) is 0 Å². The molecule has 2 aromatic carbocycles. The molecular formula is C17H13ClF2N4OS. The smallest absolute Gasteiger partial charge is 0.237 e. The number of amides is 1. The second-order valence-corrected chi connectivity index (χ2v) is 7.05. The first-order chi connectivity index (χ1) is 12.5. The zero-order chi connectivity index (χ0) is 18.7. The number of hydrogen-bond acceptors (Lipinski definition) is 4. The van der Waals surface area contributed by atoms with Gasteiger partial charge in [0, 0.05) is 5.02 Å². The molecule has 3 rings (SSSR count). The summed E-state index contributed by atoms with van der Waals surface area (Å²) in [5, 5.41) is 10.4. The van der Waals surface area contributed by atoms with Gasteiger partial charge in [0.05, 0.1) is 10.9 Å². The summed E-state index contributed by atoms with van der Waals surface area (Å²) in [6.07, 6.45) is 1.50. The van der Waals surface area contributed by atoms with E-state index in [0.29, 0.717) is 10.2 Å². The third-order valence-corrected chi connectivity index (χ3v) is 4.76. The SMILES string of the molecule is CC(Sc1nncn1-c1cccc(Cl)c1)C(=O)Nc1c(F)cccc1F. The van der Waals surface area contributed by atoms with Gasteiger partial charge in [-0.05, 0) is 37.3 Å². The van der Waals surface area contributed by atoms with Crippen LogP contribution in [0.1, 0.15) is 6.92 Å². The highest BCUT2D eigenvalue weighted by Crippen LogP contribution is 2.26. The number of thioether (sulfide) groups is 1. The van der Waals surface area contributed by atoms with Crippen LogP contribution in [0.15, 0.2) is 53.9 Å². The molecule has 1 unspecified atom stereocenters. The van der Waals surface area contributed by atoms with Gasteiger partial charge in [-0.1, -0.05) is 35.5 Å². The summed E-state index contributed by atoms with van der Waals surface area (Å²) in [7, 11) is 0. The van der Waals surface area contributed by atoms with Crippen molar-refractivity contribution >= 4 is 35.0 Å². The lowest BCUT2D eigenvalue weighted by Gasteiger charge is -2.13. The number of para-hydroxylation sites is 1. The van der Waals surface area contributed by atoms with Crippen molar-refractivity contribution in [3.8, 4) is 5.69 Å². The van der Waals surface area contributed by atoms with E-state index in [9.17, 15) is 13.6 Å². The highest BCUT2D eigenvalue weighted by molar-refractivity contribution is 8.00. The van der Waals surface area contributed by atoms with Crippen LogP contribution in [0.3, 0.4) is 0 Å². The van der Waals surface area contributed by atoms with E-state index in [1.54, 1.807) is 29.7 Å². The van der Waals surface area contributed by atoms with Gasteiger partial charge in [0.15, 0.2) is 5.16 Å². The first-order valence-corrected chi connectivity index (χ1v) is 8.79. The van der Waals surface area contributed by atoms with E-state index in [2.05, 4.69) is 15.5 Å². The van der Waals surface area contributed by atoms with Crippen molar-refractivity contribution in [2.45, 2.75) is 17.3 Å². The van der Waals surface area contributed by atoms with Crippen LogP contribution < -0.4 is 5.32 Å². The predicted octanol–water partition coefficient (Wildman–Crippen LogP) is 4.32. The summed E-state index contributed by atoms with van der Waals surface area (Å²) in [5.74, 6) is -2.23. The van der Waals surface area contributed by atoms with Gasteiger partial charge in [-0.15, -0.1) is 10.2 Å². The number of nitrogens with one attached hydrogen (secondary N) is 1. The Morgan fingerprint density at radius 1 is 1.23 bits per heavy atom. The maximum atomic E-state index is 13.7. The number of aromatic nitrogens is 3. The Bertz CT molecular complexity index is 930. The molecule has 1 atom stereocenters. The molecule has 0 fully saturated rings. The Morgan fingerprint density at radius 3 is 2.62 bits per heavy atom. The molecule has 0 bridgehead atoms. The van der Waals surface area contributed by atoms with Crippen LogP contribution in [0, 0.1) is 11.6 Å². The third-order valence-electron chi connectivity index (χ3n) is 3.47. The molecule has 0 aliphatic heterocycles. The lowest BCUT2D eigenvalue weighted by Crippen LogP contribution is -2.24. The van der Waals surface area contributed by atoms with Gasteiger partial charge < -0.3 is 5.32 Å². The number of anilines is 1. The molecule has 9 heteroatoms. The fraction of sp³-hybridized carbons (Fsp3) is 0.118. The number of benzene rings is 2. The second-order valence-electron chi connectivity index (χ2n) is 5.31. The monoisotopic (exact) mass is 394 g/mol. The first-order valence-electron chi connectivity index (χ1n) is 7.53. The van der Waals surface area contributed by atoms with Crippen molar-refractivity contribution in [3.05, 3.63) is 65.4 Å². The number of halogens is 3. The summed E-state index contributed by atoms with van der Waals surface area (Å²) in [5.41, 5.74) is 0.263. The highest BCUT2D eigenvalue weighted by Gasteiger charge is 2.21. The Balaban J connectivity index is 1.76. The third kappa shape index (κ3) is 4.03. The minimum atomic E-state index is -0.836. The number of carbonyl (C=O) groups excluding carboxylic acids is 1. The first kappa shape index (κ1) is 18.3. The molecule has 3 aromatic rings. The van der Waals surface area contributed by atoms with Gasteiger partial charge in [-0.25, -0.2) is 8.78 Å². The molecule has 5 nitrogen and oxygen atoms in total. The molecule has 0 radical (unpaired) electrons. The maximum absolute atomic E-state index is 13.7. The quantitative estimate of drug-likeness (QED) is 0.655. The molecule has 0 aliphatic rings. The van der Waals surface area contributed by atoms with Crippen molar-refractivity contribution in [2.75, 3.05) is 5.32 Å². The average molecular weight is 395 g/mol. The van der Waals surface area contributed by atoms with Crippen LogP contribution in [0.25, 0.3) is 5.69 Å². The Kier molecular flexibility index (Phi) is 5.53. The molecule has 1 amide bonds. The van der Waals surface area contributed by atoms with Crippen LogP contribution in [0.5, 0.6) is 0 Å². The molecule has 1 aromatic heterocycles. The van der Waals surface area contributed by atoms with E-state index in [1.807, 2.05) is 6.07 Å². The number of carbonyl (C=O) groups is 1. The van der Waals surface area contributed by atoms with Crippen molar-refractivity contribution < 1.29 is 13.6 Å². The van der Waals surface area contributed by atoms with Gasteiger partial charge in [-0.3, -0.25) is 9.36 Å². The lowest BCUT2D eigenvalue weighted by molar-refractivity contribution is -0.115. The largest absolute Gasteiger partial charge is 0.320 e. The zero-order valence-electron chi connectivity index (χ0n) is 13.5. The average Bonchev–Trinajstić information content (AvgIpc) is 3.06. The Labute approximate surface area is 157 Å². The highest BCUT2D eigenvalue weighted by atomic mass is 35.5. The van der Waals surface area contributed by atoms with Gasteiger partial charge in [0.25, 0.3) is 0 Å². The minimum Gasteiger partial charge on any atom is -0.320 e. The summed E-state index contributed by atoms with van der Waals surface area (Å²) in [6.45, 7) is 1.61. The van der Waals surface area contributed by atoms with E-state index in [0.717, 1.165) is 29.6 Å². The summed E-state index contributed by atoms with van der Waals surface area (Å²) in [6, 6.07) is 10.4. The summed E-state index contributed by atoms with van der Waals surface area (Å²) < 4.78 is 29.0. The molecule has 1 N–H and O–H groups in total. The van der Waals surface area contributed by atoms with Gasteiger partial charge in [0.1, 0.15) is 23.6 Å². The molecule has 26 heavy (non-hydrogen) atoms. The number of hydrogen-bond donors (Lipinski definition) is 1. The molecule has 0 saturated heterocycles. The second kappa shape index (κ2) is 7.84. The maximum Gasteiger partial charge on any atom is 0.237 e. The molecule has 1 heterocycles. The van der Waals surface area contributed by atoms with Crippen molar-refractivity contribution in [2.24, 2.45) is 0 Å².